The highest BCUT2D eigenvalue weighted by Crippen LogP contribution is 2.41. The van der Waals surface area contributed by atoms with Gasteiger partial charge in [0.2, 0.25) is 0 Å². The van der Waals surface area contributed by atoms with Crippen molar-refractivity contribution in [2.24, 2.45) is 0 Å². The minimum Gasteiger partial charge on any atom is -0.687 e. The van der Waals surface area contributed by atoms with Crippen LogP contribution in [0.2, 0.25) is 0 Å². The molecule has 0 saturated heterocycles. The first-order valence-electron chi connectivity index (χ1n) is 8.94. The van der Waals surface area contributed by atoms with E-state index in [2.05, 4.69) is 6.92 Å². The second-order valence-corrected chi connectivity index (χ2v) is 10.2. The zero-order valence-corrected chi connectivity index (χ0v) is 17.2. The quantitative estimate of drug-likeness (QED) is 0.452. The van der Waals surface area contributed by atoms with Crippen LogP contribution in [0.4, 0.5) is 0 Å². The summed E-state index contributed by atoms with van der Waals surface area (Å²) in [5.74, 6) is 1.36. The van der Waals surface area contributed by atoms with Gasteiger partial charge < -0.3 is 19.4 Å². The Morgan fingerprint density at radius 1 is 1.07 bits per heavy atom. The molecule has 0 saturated carbocycles. The molecule has 0 aliphatic rings. The topological polar surface area (TPSA) is 133 Å². The molecule has 154 valence electrons. The number of para-hydroxylation sites is 1. The van der Waals surface area contributed by atoms with Crippen LogP contribution in [0.1, 0.15) is 37.3 Å². The lowest BCUT2D eigenvalue weighted by Crippen LogP contribution is -2.44. The van der Waals surface area contributed by atoms with Gasteiger partial charge >= 0.3 is 10.1 Å². The van der Waals surface area contributed by atoms with E-state index in [0.717, 1.165) is 29.7 Å². The lowest BCUT2D eigenvalue weighted by molar-refractivity contribution is -0.428. The molecule has 0 amide bonds. The molecular weight excluding hydrogens is 403 g/mol. The maximum Gasteiger partial charge on any atom is 0.301 e. The lowest BCUT2D eigenvalue weighted by atomic mass is 10.1. The van der Waals surface area contributed by atoms with Crippen LogP contribution < -0.4 is 19.4 Å². The van der Waals surface area contributed by atoms with Gasteiger partial charge in [-0.2, -0.15) is 8.42 Å². The number of ether oxygens (including phenoxy) is 1. The zero-order chi connectivity index (χ0) is 20.8. The van der Waals surface area contributed by atoms with Gasteiger partial charge in [-0.1, -0.05) is 43.7 Å². The fraction of sp³-hybridized carbons (Fsp3) is 0.368. The molecule has 0 bridgehead atoms. The van der Waals surface area contributed by atoms with Gasteiger partial charge in [-0.3, -0.25) is 4.55 Å². The molecule has 2 rings (SSSR count). The Balaban J connectivity index is 2.04. The highest BCUT2D eigenvalue weighted by atomic mass is 32.2. The summed E-state index contributed by atoms with van der Waals surface area (Å²) < 4.78 is 37.2. The van der Waals surface area contributed by atoms with Crippen LogP contribution in [-0.4, -0.2) is 18.0 Å². The Hall–Kier alpha value is -1.54. The van der Waals surface area contributed by atoms with Gasteiger partial charge in [0, 0.05) is 6.42 Å². The predicted octanol–water partition coefficient (Wildman–Crippen LogP) is 1.81. The molecule has 7 nitrogen and oxygen atoms in total. The number of benzene rings is 2. The predicted molar refractivity (Wildman–Crippen MR) is 102 cm³/mol. The summed E-state index contributed by atoms with van der Waals surface area (Å²) in [5, 5.41) is 0. The van der Waals surface area contributed by atoms with Crippen LogP contribution in [0.15, 0.2) is 48.5 Å². The SMILES string of the molecule is CCCc1ccccc1Oc1cccc(CCCC([P+]([O-])([O-])[O-])S(=O)(=O)O)c1. The van der Waals surface area contributed by atoms with Crippen molar-refractivity contribution < 1.29 is 32.4 Å². The van der Waals surface area contributed by atoms with Crippen molar-refractivity contribution in [3.63, 3.8) is 0 Å². The smallest absolute Gasteiger partial charge is 0.301 e. The van der Waals surface area contributed by atoms with Crippen LogP contribution in [0.25, 0.3) is 0 Å². The summed E-state index contributed by atoms with van der Waals surface area (Å²) in [5.41, 5.74) is 1.89. The zero-order valence-electron chi connectivity index (χ0n) is 15.5. The van der Waals surface area contributed by atoms with Crippen molar-refractivity contribution in [1.82, 2.24) is 0 Å². The molecule has 0 heterocycles. The van der Waals surface area contributed by atoms with Crippen molar-refractivity contribution in [2.75, 3.05) is 0 Å². The second-order valence-electron chi connectivity index (χ2n) is 6.51. The minimum atomic E-state index is -5.45. The molecule has 2 aromatic rings. The van der Waals surface area contributed by atoms with E-state index >= 15 is 0 Å². The van der Waals surface area contributed by atoms with Gasteiger partial charge in [-0.25, -0.2) is 0 Å². The first-order chi connectivity index (χ1) is 13.1. The Kier molecular flexibility index (Phi) is 7.95. The molecule has 0 aromatic heterocycles. The third kappa shape index (κ3) is 6.81. The second kappa shape index (κ2) is 9.78. The summed E-state index contributed by atoms with van der Waals surface area (Å²) in [7, 11) is -10.4. The molecule has 1 unspecified atom stereocenters. The highest BCUT2D eigenvalue weighted by molar-refractivity contribution is 7.94. The molecule has 0 aliphatic heterocycles. The Bertz CT molecular complexity index is 878. The summed E-state index contributed by atoms with van der Waals surface area (Å²) in [6.07, 6.45) is 1.85. The molecule has 0 spiro atoms. The third-order valence-electron chi connectivity index (χ3n) is 4.23. The Morgan fingerprint density at radius 2 is 1.79 bits per heavy atom. The van der Waals surface area contributed by atoms with Gasteiger partial charge in [0.1, 0.15) is 11.5 Å². The van der Waals surface area contributed by atoms with Crippen molar-refractivity contribution >= 4 is 18.1 Å². The normalized spacial score (nSPS) is 13.3. The van der Waals surface area contributed by atoms with E-state index in [1.807, 2.05) is 24.3 Å². The number of hydrogen-bond acceptors (Lipinski definition) is 6. The van der Waals surface area contributed by atoms with Gasteiger partial charge in [0.25, 0.3) is 0 Å². The Labute approximate surface area is 166 Å². The summed E-state index contributed by atoms with van der Waals surface area (Å²) >= 11 is 0. The van der Waals surface area contributed by atoms with E-state index in [-0.39, 0.29) is 6.42 Å². The van der Waals surface area contributed by atoms with Crippen LogP contribution in [0.3, 0.4) is 0 Å². The van der Waals surface area contributed by atoms with Crippen LogP contribution in [0.5, 0.6) is 11.5 Å². The van der Waals surface area contributed by atoms with Crippen molar-refractivity contribution in [2.45, 2.75) is 44.0 Å². The van der Waals surface area contributed by atoms with E-state index in [1.165, 1.54) is 0 Å². The van der Waals surface area contributed by atoms with E-state index < -0.39 is 29.5 Å². The molecular formula is C19H23O7PS-2. The first-order valence-corrected chi connectivity index (χ1v) is 12.1. The van der Waals surface area contributed by atoms with E-state index in [9.17, 15) is 23.1 Å². The molecule has 0 radical (unpaired) electrons. The number of hydrogen-bond donors (Lipinski definition) is 1. The van der Waals surface area contributed by atoms with Gasteiger partial charge in [-0.05, 0) is 48.6 Å². The fourth-order valence-electron chi connectivity index (χ4n) is 2.92. The standard InChI is InChI=1S/C19H25O7PS/c1-2-7-16-10-3-4-12-18(16)26-17-11-5-8-15(14-17)9-6-13-19(27(20,21)22)28(23,24)25/h3-5,8,10-12,14,19H,2,6-7,9,13H2,1H3,(H2,20,21,22)(H,23,24,25)/p-2. The van der Waals surface area contributed by atoms with E-state index in [0.29, 0.717) is 12.2 Å². The summed E-state index contributed by atoms with van der Waals surface area (Å²) in [4.78, 5) is 30.9. The molecule has 2 aromatic carbocycles. The monoisotopic (exact) mass is 426 g/mol. The largest absolute Gasteiger partial charge is 0.687 e. The number of aryl methyl sites for hydroxylation is 2. The third-order valence-corrected chi connectivity index (χ3v) is 7.69. The minimum absolute atomic E-state index is 0.106. The maximum absolute atomic E-state index is 11.1. The molecule has 1 N–H and O–H groups in total. The molecule has 0 aliphatic carbocycles. The van der Waals surface area contributed by atoms with Crippen LogP contribution >= 0.6 is 7.94 Å². The lowest BCUT2D eigenvalue weighted by Gasteiger charge is -2.46. The van der Waals surface area contributed by atoms with Crippen molar-refractivity contribution in [1.29, 1.82) is 0 Å². The van der Waals surface area contributed by atoms with Crippen molar-refractivity contribution in [3.05, 3.63) is 59.7 Å². The fourth-order valence-corrected chi connectivity index (χ4v) is 5.19. The van der Waals surface area contributed by atoms with Crippen LogP contribution in [0, 0.1) is 0 Å². The highest BCUT2D eigenvalue weighted by Gasteiger charge is 2.30. The summed E-state index contributed by atoms with van der Waals surface area (Å²) in [6.45, 7) is 2.08. The van der Waals surface area contributed by atoms with Gasteiger partial charge in [0.15, 0.2) is 4.99 Å². The van der Waals surface area contributed by atoms with Gasteiger partial charge in [0.05, 0.1) is 0 Å². The first kappa shape index (κ1) is 22.7. The number of rotatable bonds is 10. The average molecular weight is 426 g/mol. The summed E-state index contributed by atoms with van der Waals surface area (Å²) in [6, 6.07) is 14.9. The maximum atomic E-state index is 11.1. The molecule has 1 atom stereocenters. The van der Waals surface area contributed by atoms with Crippen LogP contribution in [-0.2, 0) is 23.0 Å². The molecule has 0 fully saturated rings. The van der Waals surface area contributed by atoms with Crippen molar-refractivity contribution in [3.8, 4) is 11.5 Å². The average Bonchev–Trinajstić information content (AvgIpc) is 2.59. The Morgan fingerprint density at radius 3 is 2.43 bits per heavy atom. The van der Waals surface area contributed by atoms with E-state index in [4.69, 9.17) is 9.29 Å². The molecule has 9 heteroatoms. The van der Waals surface area contributed by atoms with Gasteiger partial charge in [-0.15, -0.1) is 7.94 Å². The van der Waals surface area contributed by atoms with E-state index in [1.54, 1.807) is 24.3 Å². The molecule has 28 heavy (non-hydrogen) atoms.